The molecule has 0 bridgehead atoms. The fourth-order valence-corrected chi connectivity index (χ4v) is 2.25. The molecule has 1 aromatic carbocycles. The quantitative estimate of drug-likeness (QED) is 0.848. The Bertz CT molecular complexity index is 374. The molecular weight excluding hydrogens is 254 g/mol. The number of hydrogen-bond acceptors (Lipinski definition) is 2. The zero-order valence-corrected chi connectivity index (χ0v) is 10.3. The topological polar surface area (TPSA) is 29.1 Å². The summed E-state index contributed by atoms with van der Waals surface area (Å²) < 4.78 is 1.04. The molecule has 0 spiro atoms. The highest BCUT2D eigenvalue weighted by molar-refractivity contribution is 9.10. The number of rotatable bonds is 1. The molecule has 0 aliphatic carbocycles. The Morgan fingerprint density at radius 1 is 1.33 bits per heavy atom. The third-order valence-electron chi connectivity index (χ3n) is 3.04. The molecule has 2 rings (SSSR count). The van der Waals surface area contributed by atoms with Crippen molar-refractivity contribution in [3.05, 3.63) is 34.3 Å². The number of carbonyl (C=O) groups is 1. The third-order valence-corrected chi connectivity index (χ3v) is 3.57. The van der Waals surface area contributed by atoms with Crippen LogP contribution in [-0.2, 0) is 10.3 Å². The number of carbonyl (C=O) groups excluding carboxylic acids is 1. The van der Waals surface area contributed by atoms with Gasteiger partial charge in [0.15, 0.2) is 5.78 Å². The lowest BCUT2D eigenvalue weighted by atomic mass is 9.83. The van der Waals surface area contributed by atoms with Crippen molar-refractivity contribution in [3.8, 4) is 0 Å². The minimum absolute atomic E-state index is 0.288. The van der Waals surface area contributed by atoms with Gasteiger partial charge in [-0.15, -0.1) is 0 Å². The molecule has 1 saturated heterocycles. The van der Waals surface area contributed by atoms with Crippen molar-refractivity contribution >= 4 is 21.7 Å². The van der Waals surface area contributed by atoms with Gasteiger partial charge in [-0.3, -0.25) is 4.79 Å². The predicted octanol–water partition coefficient (Wildman–Crippen LogP) is 2.62. The molecule has 1 aliphatic heterocycles. The van der Waals surface area contributed by atoms with Gasteiger partial charge >= 0.3 is 0 Å². The van der Waals surface area contributed by atoms with E-state index in [0.717, 1.165) is 23.0 Å². The molecule has 1 aromatic rings. The smallest absolute Gasteiger partial charge is 0.157 e. The summed E-state index contributed by atoms with van der Waals surface area (Å²) in [6.07, 6.45) is 1.63. The Morgan fingerprint density at radius 2 is 2.00 bits per heavy atom. The Labute approximate surface area is 98.2 Å². The summed E-state index contributed by atoms with van der Waals surface area (Å²) in [5.41, 5.74) is 0.564. The second-order valence-electron chi connectivity index (χ2n) is 4.09. The third kappa shape index (κ3) is 1.99. The van der Waals surface area contributed by atoms with E-state index in [4.69, 9.17) is 0 Å². The highest BCUT2D eigenvalue weighted by Gasteiger charge is 2.36. The summed E-state index contributed by atoms with van der Waals surface area (Å²) in [5, 5.41) is 3.32. The molecule has 2 nitrogen and oxygen atoms in total. The monoisotopic (exact) mass is 267 g/mol. The maximum absolute atomic E-state index is 11.9. The molecule has 0 saturated carbocycles. The highest BCUT2D eigenvalue weighted by Crippen LogP contribution is 2.27. The van der Waals surface area contributed by atoms with E-state index in [1.807, 2.05) is 31.2 Å². The standard InChI is InChI=1S/C12H14BrNO/c1-12(11(15)3-2-8-14-12)9-4-6-10(13)7-5-9/h4-7,14H,2-3,8H2,1H3. The van der Waals surface area contributed by atoms with Crippen molar-refractivity contribution in [2.75, 3.05) is 6.54 Å². The molecule has 0 amide bonds. The molecule has 1 atom stereocenters. The van der Waals surface area contributed by atoms with Crippen molar-refractivity contribution in [2.24, 2.45) is 0 Å². The van der Waals surface area contributed by atoms with Crippen LogP contribution in [0.5, 0.6) is 0 Å². The van der Waals surface area contributed by atoms with E-state index in [1.54, 1.807) is 0 Å². The lowest BCUT2D eigenvalue weighted by Crippen LogP contribution is -2.50. The van der Waals surface area contributed by atoms with Gasteiger partial charge in [0.1, 0.15) is 5.54 Å². The molecule has 1 unspecified atom stereocenters. The Kier molecular flexibility index (Phi) is 2.94. The van der Waals surface area contributed by atoms with Crippen LogP contribution in [0.15, 0.2) is 28.7 Å². The number of nitrogens with one attached hydrogen (secondary N) is 1. The van der Waals surface area contributed by atoms with Crippen LogP contribution in [0.4, 0.5) is 0 Å². The van der Waals surface area contributed by atoms with Gasteiger partial charge in [0.05, 0.1) is 0 Å². The molecule has 1 N–H and O–H groups in total. The van der Waals surface area contributed by atoms with E-state index < -0.39 is 5.54 Å². The Morgan fingerprint density at radius 3 is 2.60 bits per heavy atom. The van der Waals surface area contributed by atoms with Gasteiger partial charge in [-0.2, -0.15) is 0 Å². The number of hydrogen-bond donors (Lipinski definition) is 1. The van der Waals surface area contributed by atoms with Crippen LogP contribution in [0.25, 0.3) is 0 Å². The highest BCUT2D eigenvalue weighted by atomic mass is 79.9. The van der Waals surface area contributed by atoms with E-state index in [2.05, 4.69) is 21.2 Å². The Balaban J connectivity index is 2.35. The largest absolute Gasteiger partial charge is 0.301 e. The second kappa shape index (κ2) is 4.06. The van der Waals surface area contributed by atoms with Crippen molar-refractivity contribution in [1.82, 2.24) is 5.32 Å². The SMILES string of the molecule is CC1(c2ccc(Br)cc2)NCCCC1=O. The first-order valence-electron chi connectivity index (χ1n) is 5.17. The molecule has 15 heavy (non-hydrogen) atoms. The minimum Gasteiger partial charge on any atom is -0.301 e. The number of ketones is 1. The van der Waals surface area contributed by atoms with Crippen LogP contribution in [-0.4, -0.2) is 12.3 Å². The lowest BCUT2D eigenvalue weighted by molar-refractivity contribution is -0.126. The van der Waals surface area contributed by atoms with Gasteiger partial charge < -0.3 is 5.32 Å². The summed E-state index contributed by atoms with van der Waals surface area (Å²) >= 11 is 3.40. The van der Waals surface area contributed by atoms with Crippen LogP contribution in [0, 0.1) is 0 Å². The van der Waals surface area contributed by atoms with Gasteiger partial charge in [-0.1, -0.05) is 28.1 Å². The first-order chi connectivity index (χ1) is 7.13. The van der Waals surface area contributed by atoms with Crippen molar-refractivity contribution < 1.29 is 4.79 Å². The van der Waals surface area contributed by atoms with Crippen LogP contribution in [0.1, 0.15) is 25.3 Å². The molecule has 0 radical (unpaired) electrons. The van der Waals surface area contributed by atoms with Gasteiger partial charge in [-0.25, -0.2) is 0 Å². The average Bonchev–Trinajstić information content (AvgIpc) is 2.23. The van der Waals surface area contributed by atoms with E-state index in [0.29, 0.717) is 6.42 Å². The van der Waals surface area contributed by atoms with Crippen LogP contribution < -0.4 is 5.32 Å². The van der Waals surface area contributed by atoms with E-state index in [-0.39, 0.29) is 5.78 Å². The van der Waals surface area contributed by atoms with Crippen molar-refractivity contribution in [2.45, 2.75) is 25.3 Å². The number of halogens is 1. The first-order valence-corrected chi connectivity index (χ1v) is 5.96. The fourth-order valence-electron chi connectivity index (χ4n) is 1.98. The normalized spacial score (nSPS) is 26.7. The van der Waals surface area contributed by atoms with Crippen LogP contribution in [0.2, 0.25) is 0 Å². The summed E-state index contributed by atoms with van der Waals surface area (Å²) in [6, 6.07) is 7.95. The predicted molar refractivity (Wildman–Crippen MR) is 63.7 cm³/mol. The van der Waals surface area contributed by atoms with Crippen LogP contribution in [0.3, 0.4) is 0 Å². The average molecular weight is 268 g/mol. The minimum atomic E-state index is -0.487. The number of Topliss-reactive ketones (excluding diaryl/α,β-unsaturated/α-hetero) is 1. The second-order valence-corrected chi connectivity index (χ2v) is 5.00. The summed E-state index contributed by atoms with van der Waals surface area (Å²) in [5.74, 6) is 0.288. The zero-order valence-electron chi connectivity index (χ0n) is 8.72. The van der Waals surface area contributed by atoms with Crippen molar-refractivity contribution in [3.63, 3.8) is 0 Å². The Hall–Kier alpha value is -0.670. The zero-order chi connectivity index (χ0) is 10.9. The molecular formula is C12H14BrNO. The summed E-state index contributed by atoms with van der Waals surface area (Å²) in [7, 11) is 0. The van der Waals surface area contributed by atoms with Gasteiger partial charge in [0.2, 0.25) is 0 Å². The lowest BCUT2D eigenvalue weighted by Gasteiger charge is -2.33. The molecule has 1 aliphatic rings. The number of benzene rings is 1. The fraction of sp³-hybridized carbons (Fsp3) is 0.417. The molecule has 80 valence electrons. The molecule has 1 heterocycles. The maximum Gasteiger partial charge on any atom is 0.157 e. The van der Waals surface area contributed by atoms with Crippen molar-refractivity contribution in [1.29, 1.82) is 0 Å². The maximum atomic E-state index is 11.9. The molecule has 0 aromatic heterocycles. The first kappa shape index (κ1) is 10.8. The summed E-state index contributed by atoms with van der Waals surface area (Å²) in [6.45, 7) is 2.88. The van der Waals surface area contributed by atoms with E-state index >= 15 is 0 Å². The van der Waals surface area contributed by atoms with E-state index in [1.165, 1.54) is 0 Å². The van der Waals surface area contributed by atoms with Gasteiger partial charge in [0, 0.05) is 10.9 Å². The van der Waals surface area contributed by atoms with Gasteiger partial charge in [0.25, 0.3) is 0 Å². The van der Waals surface area contributed by atoms with Gasteiger partial charge in [-0.05, 0) is 37.6 Å². The molecule has 1 fully saturated rings. The van der Waals surface area contributed by atoms with E-state index in [9.17, 15) is 4.79 Å². The van der Waals surface area contributed by atoms with Crippen LogP contribution >= 0.6 is 15.9 Å². The molecule has 3 heteroatoms. The number of piperidine rings is 1. The summed E-state index contributed by atoms with van der Waals surface area (Å²) in [4.78, 5) is 11.9.